The number of rotatable bonds is 9. The maximum atomic E-state index is 13.3. The third kappa shape index (κ3) is 5.24. The molecule has 0 fully saturated rings. The Hall–Kier alpha value is -3.32. The fourth-order valence-electron chi connectivity index (χ4n) is 3.39. The highest BCUT2D eigenvalue weighted by molar-refractivity contribution is 5.94. The van der Waals surface area contributed by atoms with E-state index < -0.39 is 0 Å². The van der Waals surface area contributed by atoms with Gasteiger partial charge in [0.15, 0.2) is 0 Å². The van der Waals surface area contributed by atoms with Crippen molar-refractivity contribution in [1.82, 2.24) is 9.88 Å². The lowest BCUT2D eigenvalue weighted by atomic mass is 10.1. The van der Waals surface area contributed by atoms with Gasteiger partial charge >= 0.3 is 0 Å². The van der Waals surface area contributed by atoms with Gasteiger partial charge in [0.05, 0.1) is 26.3 Å². The van der Waals surface area contributed by atoms with Crippen LogP contribution in [0.1, 0.15) is 15.9 Å². The van der Waals surface area contributed by atoms with Crippen LogP contribution in [0.25, 0.3) is 10.9 Å². The lowest BCUT2D eigenvalue weighted by Crippen LogP contribution is -2.34. The number of carbonyl (C=O) groups is 1. The SMILES string of the molecule is COCCN(Cc1cc2ccc(OC)cc2nc1N(C)C)C(=O)c1ccc(OC)cc1. The van der Waals surface area contributed by atoms with E-state index in [1.165, 1.54) is 0 Å². The van der Waals surface area contributed by atoms with Crippen LogP contribution in [0, 0.1) is 0 Å². The van der Waals surface area contributed by atoms with Crippen molar-refractivity contribution in [2.75, 3.05) is 53.5 Å². The van der Waals surface area contributed by atoms with Crippen LogP contribution in [-0.2, 0) is 11.3 Å². The number of ether oxygens (including phenoxy) is 3. The van der Waals surface area contributed by atoms with E-state index in [4.69, 9.17) is 19.2 Å². The molecular weight excluding hydrogens is 394 g/mol. The molecule has 1 aromatic heterocycles. The zero-order valence-electron chi connectivity index (χ0n) is 18.7. The van der Waals surface area contributed by atoms with Crippen LogP contribution in [0.4, 0.5) is 5.82 Å². The molecule has 3 rings (SSSR count). The zero-order chi connectivity index (χ0) is 22.4. The third-order valence-electron chi connectivity index (χ3n) is 5.06. The second-order valence-corrected chi connectivity index (χ2v) is 7.37. The molecule has 0 atom stereocenters. The number of aromatic nitrogens is 1. The minimum Gasteiger partial charge on any atom is -0.497 e. The van der Waals surface area contributed by atoms with E-state index in [0.717, 1.165) is 28.0 Å². The number of benzene rings is 2. The largest absolute Gasteiger partial charge is 0.497 e. The molecule has 0 aliphatic carbocycles. The van der Waals surface area contributed by atoms with E-state index in [1.54, 1.807) is 50.5 Å². The fraction of sp³-hybridized carbons (Fsp3) is 0.333. The molecule has 0 aliphatic heterocycles. The Morgan fingerprint density at radius 2 is 1.61 bits per heavy atom. The van der Waals surface area contributed by atoms with Crippen LogP contribution in [0.2, 0.25) is 0 Å². The number of anilines is 1. The van der Waals surface area contributed by atoms with Gasteiger partial charge in [0.2, 0.25) is 0 Å². The molecule has 3 aromatic rings. The van der Waals surface area contributed by atoms with E-state index in [-0.39, 0.29) is 5.91 Å². The molecule has 0 bridgehead atoms. The number of methoxy groups -OCH3 is 3. The molecule has 7 heteroatoms. The standard InChI is InChI=1S/C24H29N3O4/c1-26(2)23-19(14-18-8-11-21(31-5)15-22(18)25-23)16-27(12-13-29-3)24(28)17-6-9-20(30-4)10-7-17/h6-11,14-15H,12-13,16H2,1-5H3. The Kier molecular flexibility index (Phi) is 7.31. The van der Waals surface area contributed by atoms with Gasteiger partial charge in [0.25, 0.3) is 5.91 Å². The molecule has 7 nitrogen and oxygen atoms in total. The quantitative estimate of drug-likeness (QED) is 0.524. The Balaban J connectivity index is 1.97. The van der Waals surface area contributed by atoms with Gasteiger partial charge in [-0.3, -0.25) is 4.79 Å². The minimum atomic E-state index is -0.0702. The molecule has 1 heterocycles. The van der Waals surface area contributed by atoms with Crippen LogP contribution >= 0.6 is 0 Å². The number of pyridine rings is 1. The van der Waals surface area contributed by atoms with Crippen molar-refractivity contribution in [3.8, 4) is 11.5 Å². The Morgan fingerprint density at radius 3 is 2.23 bits per heavy atom. The topological polar surface area (TPSA) is 64.1 Å². The van der Waals surface area contributed by atoms with Gasteiger partial charge in [-0.2, -0.15) is 0 Å². The van der Waals surface area contributed by atoms with E-state index in [2.05, 4.69) is 6.07 Å². The highest BCUT2D eigenvalue weighted by Crippen LogP contribution is 2.27. The number of fused-ring (bicyclic) bond motifs is 1. The average Bonchev–Trinajstić information content (AvgIpc) is 2.80. The summed E-state index contributed by atoms with van der Waals surface area (Å²) in [7, 11) is 8.77. The van der Waals surface area contributed by atoms with E-state index in [1.807, 2.05) is 37.2 Å². The van der Waals surface area contributed by atoms with Gasteiger partial charge < -0.3 is 24.0 Å². The number of hydrogen-bond donors (Lipinski definition) is 0. The van der Waals surface area contributed by atoms with Crippen LogP contribution in [-0.4, -0.2) is 64.4 Å². The fourth-order valence-corrected chi connectivity index (χ4v) is 3.39. The normalized spacial score (nSPS) is 10.7. The average molecular weight is 424 g/mol. The molecule has 1 amide bonds. The Bertz CT molecular complexity index is 1030. The first-order valence-electron chi connectivity index (χ1n) is 10.0. The highest BCUT2D eigenvalue weighted by Gasteiger charge is 2.19. The van der Waals surface area contributed by atoms with Crippen molar-refractivity contribution in [3.63, 3.8) is 0 Å². The molecule has 0 aliphatic rings. The first-order valence-corrected chi connectivity index (χ1v) is 10.0. The maximum Gasteiger partial charge on any atom is 0.254 e. The second kappa shape index (κ2) is 10.1. The zero-order valence-corrected chi connectivity index (χ0v) is 18.7. The molecular formula is C24H29N3O4. The van der Waals surface area contributed by atoms with E-state index in [0.29, 0.717) is 31.0 Å². The van der Waals surface area contributed by atoms with Gasteiger partial charge in [0, 0.05) is 56.9 Å². The molecule has 0 radical (unpaired) electrons. The van der Waals surface area contributed by atoms with Gasteiger partial charge in [-0.25, -0.2) is 4.98 Å². The predicted molar refractivity (Wildman–Crippen MR) is 122 cm³/mol. The molecule has 0 saturated carbocycles. The van der Waals surface area contributed by atoms with Crippen LogP contribution in [0.3, 0.4) is 0 Å². The Labute approximate surface area is 183 Å². The van der Waals surface area contributed by atoms with Crippen LogP contribution < -0.4 is 14.4 Å². The van der Waals surface area contributed by atoms with Crippen molar-refractivity contribution in [1.29, 1.82) is 0 Å². The van der Waals surface area contributed by atoms with Crippen LogP contribution in [0.5, 0.6) is 11.5 Å². The predicted octanol–water partition coefficient (Wildman–Crippen LogP) is 3.61. The monoisotopic (exact) mass is 423 g/mol. The molecule has 164 valence electrons. The summed E-state index contributed by atoms with van der Waals surface area (Å²) >= 11 is 0. The van der Waals surface area contributed by atoms with E-state index in [9.17, 15) is 4.79 Å². The molecule has 31 heavy (non-hydrogen) atoms. The molecule has 0 unspecified atom stereocenters. The summed E-state index contributed by atoms with van der Waals surface area (Å²) in [6, 6.07) is 15.0. The van der Waals surface area contributed by atoms with E-state index >= 15 is 0 Å². The van der Waals surface area contributed by atoms with Gasteiger partial charge in [-0.15, -0.1) is 0 Å². The first-order chi connectivity index (χ1) is 15.0. The van der Waals surface area contributed by atoms with Crippen molar-refractivity contribution in [2.45, 2.75) is 6.54 Å². The summed E-state index contributed by atoms with van der Waals surface area (Å²) in [5.41, 5.74) is 2.40. The molecule has 0 saturated heterocycles. The smallest absolute Gasteiger partial charge is 0.254 e. The highest BCUT2D eigenvalue weighted by atomic mass is 16.5. The van der Waals surface area contributed by atoms with Crippen LogP contribution in [0.15, 0.2) is 48.5 Å². The maximum absolute atomic E-state index is 13.3. The summed E-state index contributed by atoms with van der Waals surface area (Å²) in [4.78, 5) is 21.8. The van der Waals surface area contributed by atoms with Crippen molar-refractivity contribution in [2.24, 2.45) is 0 Å². The van der Waals surface area contributed by atoms with Crippen molar-refractivity contribution < 1.29 is 19.0 Å². The van der Waals surface area contributed by atoms with Crippen molar-refractivity contribution >= 4 is 22.6 Å². The summed E-state index contributed by atoms with van der Waals surface area (Å²) in [5.74, 6) is 2.21. The third-order valence-corrected chi connectivity index (χ3v) is 5.06. The Morgan fingerprint density at radius 1 is 0.935 bits per heavy atom. The lowest BCUT2D eigenvalue weighted by Gasteiger charge is -2.25. The number of amides is 1. The number of carbonyl (C=O) groups excluding carboxylic acids is 1. The number of nitrogens with zero attached hydrogens (tertiary/aromatic N) is 3. The van der Waals surface area contributed by atoms with Gasteiger partial charge in [-0.05, 0) is 42.5 Å². The lowest BCUT2D eigenvalue weighted by molar-refractivity contribution is 0.0680. The first kappa shape index (κ1) is 22.4. The summed E-state index contributed by atoms with van der Waals surface area (Å²) < 4.78 is 15.8. The molecule has 2 aromatic carbocycles. The summed E-state index contributed by atoms with van der Waals surface area (Å²) in [6.45, 7) is 1.32. The molecule has 0 spiro atoms. The minimum absolute atomic E-state index is 0.0702. The van der Waals surface area contributed by atoms with Crippen molar-refractivity contribution in [3.05, 3.63) is 59.7 Å². The van der Waals surface area contributed by atoms with Gasteiger partial charge in [0.1, 0.15) is 17.3 Å². The second-order valence-electron chi connectivity index (χ2n) is 7.37. The van der Waals surface area contributed by atoms with Gasteiger partial charge in [-0.1, -0.05) is 0 Å². The summed E-state index contributed by atoms with van der Waals surface area (Å²) in [5, 5.41) is 0.991. The number of hydrogen-bond acceptors (Lipinski definition) is 6. The molecule has 0 N–H and O–H groups in total. The summed E-state index contributed by atoms with van der Waals surface area (Å²) in [6.07, 6.45) is 0.